The summed E-state index contributed by atoms with van der Waals surface area (Å²) in [6.07, 6.45) is 1.22. The van der Waals surface area contributed by atoms with Gasteiger partial charge in [0.05, 0.1) is 6.33 Å². The molecule has 2 aromatic carbocycles. The van der Waals surface area contributed by atoms with Gasteiger partial charge in [0.2, 0.25) is 0 Å². The highest BCUT2D eigenvalue weighted by Crippen LogP contribution is 2.27. The van der Waals surface area contributed by atoms with Crippen LogP contribution in [0.1, 0.15) is 21.5 Å². The maximum absolute atomic E-state index is 12.8. The lowest BCUT2D eigenvalue weighted by Crippen LogP contribution is -2.37. The predicted octanol–water partition coefficient (Wildman–Crippen LogP) is 3.39. The number of nitrogens with two attached hydrogens (primary N) is 1. The SMILES string of the molecule is Cc1ccc(N2CCc3cc(OC/C(=C\F)CN)ccc3C2=O)cc1. The Labute approximate surface area is 146 Å². The second-order valence-corrected chi connectivity index (χ2v) is 6.12. The number of hydrogen-bond donors (Lipinski definition) is 1. The lowest BCUT2D eigenvalue weighted by atomic mass is 9.98. The quantitative estimate of drug-likeness (QED) is 0.908. The first-order valence-corrected chi connectivity index (χ1v) is 8.25. The molecule has 1 aliphatic heterocycles. The zero-order chi connectivity index (χ0) is 17.8. The minimum atomic E-state index is -0.0112. The highest BCUT2D eigenvalue weighted by molar-refractivity contribution is 6.08. The molecule has 0 spiro atoms. The van der Waals surface area contributed by atoms with E-state index in [9.17, 15) is 9.18 Å². The molecular formula is C20H21FN2O2. The summed E-state index contributed by atoms with van der Waals surface area (Å²) in [6.45, 7) is 2.87. The maximum Gasteiger partial charge on any atom is 0.258 e. The molecule has 130 valence electrons. The van der Waals surface area contributed by atoms with Gasteiger partial charge in [-0.2, -0.15) is 0 Å². The minimum Gasteiger partial charge on any atom is -0.489 e. The van der Waals surface area contributed by atoms with Gasteiger partial charge in [0, 0.05) is 29.9 Å². The molecule has 2 N–H and O–H groups in total. The molecule has 5 heteroatoms. The van der Waals surface area contributed by atoms with Crippen LogP contribution < -0.4 is 15.4 Å². The first-order chi connectivity index (χ1) is 12.1. The molecule has 3 rings (SSSR count). The van der Waals surface area contributed by atoms with E-state index in [0.717, 1.165) is 23.2 Å². The van der Waals surface area contributed by atoms with Crippen LogP contribution in [0.4, 0.5) is 10.1 Å². The van der Waals surface area contributed by atoms with Gasteiger partial charge < -0.3 is 15.4 Å². The fraction of sp³-hybridized carbons (Fsp3) is 0.250. The van der Waals surface area contributed by atoms with Gasteiger partial charge in [-0.25, -0.2) is 4.39 Å². The van der Waals surface area contributed by atoms with E-state index in [2.05, 4.69) is 0 Å². The summed E-state index contributed by atoms with van der Waals surface area (Å²) < 4.78 is 18.1. The van der Waals surface area contributed by atoms with Crippen molar-refractivity contribution in [3.63, 3.8) is 0 Å². The molecule has 0 atom stereocenters. The Bertz CT molecular complexity index is 800. The second-order valence-electron chi connectivity index (χ2n) is 6.12. The molecule has 0 bridgehead atoms. The van der Waals surface area contributed by atoms with Crippen LogP contribution in [-0.2, 0) is 6.42 Å². The van der Waals surface area contributed by atoms with E-state index in [-0.39, 0.29) is 19.1 Å². The second kappa shape index (κ2) is 7.49. The molecule has 0 aromatic heterocycles. The number of carbonyl (C=O) groups excluding carboxylic acids is 1. The number of anilines is 1. The minimum absolute atomic E-state index is 0.0112. The Balaban J connectivity index is 1.77. The number of halogens is 1. The first-order valence-electron chi connectivity index (χ1n) is 8.25. The number of carbonyl (C=O) groups is 1. The standard InChI is InChI=1S/C20H21FN2O2/c1-14-2-4-17(5-3-14)23-9-8-16-10-18(6-7-19(16)20(23)24)25-13-15(11-21)12-22/h2-7,10-11H,8-9,12-13,22H2,1H3/b15-11-. The van der Waals surface area contributed by atoms with Crippen molar-refractivity contribution in [1.29, 1.82) is 0 Å². The Morgan fingerprint density at radius 3 is 2.72 bits per heavy atom. The van der Waals surface area contributed by atoms with Gasteiger partial charge in [-0.3, -0.25) is 4.79 Å². The smallest absolute Gasteiger partial charge is 0.258 e. The molecule has 1 aliphatic rings. The number of rotatable bonds is 5. The average molecular weight is 340 g/mol. The molecule has 1 amide bonds. The van der Waals surface area contributed by atoms with Crippen LogP contribution >= 0.6 is 0 Å². The largest absolute Gasteiger partial charge is 0.489 e. The summed E-state index contributed by atoms with van der Waals surface area (Å²) in [5.41, 5.74) is 9.50. The lowest BCUT2D eigenvalue weighted by molar-refractivity contribution is 0.0980. The van der Waals surface area contributed by atoms with Crippen molar-refractivity contribution in [2.24, 2.45) is 5.73 Å². The van der Waals surface area contributed by atoms with Gasteiger partial charge in [-0.05, 0) is 49.2 Å². The molecule has 0 aliphatic carbocycles. The van der Waals surface area contributed by atoms with Gasteiger partial charge in [-0.1, -0.05) is 17.7 Å². The van der Waals surface area contributed by atoms with Crippen molar-refractivity contribution in [3.05, 3.63) is 71.1 Å². The van der Waals surface area contributed by atoms with E-state index in [1.165, 1.54) is 0 Å². The van der Waals surface area contributed by atoms with Crippen molar-refractivity contribution < 1.29 is 13.9 Å². The fourth-order valence-corrected chi connectivity index (χ4v) is 2.84. The van der Waals surface area contributed by atoms with Gasteiger partial charge in [0.25, 0.3) is 5.91 Å². The highest BCUT2D eigenvalue weighted by Gasteiger charge is 2.25. The summed E-state index contributed by atoms with van der Waals surface area (Å²) in [5.74, 6) is 0.603. The van der Waals surface area contributed by atoms with Crippen LogP contribution in [0.25, 0.3) is 0 Å². The third-order valence-corrected chi connectivity index (χ3v) is 4.34. The number of benzene rings is 2. The van der Waals surface area contributed by atoms with Gasteiger partial charge >= 0.3 is 0 Å². The van der Waals surface area contributed by atoms with E-state index < -0.39 is 0 Å². The molecule has 0 saturated carbocycles. The normalized spacial score (nSPS) is 14.4. The van der Waals surface area contributed by atoms with Crippen LogP contribution in [-0.4, -0.2) is 25.6 Å². The summed E-state index contributed by atoms with van der Waals surface area (Å²) in [7, 11) is 0. The van der Waals surface area contributed by atoms with Crippen molar-refractivity contribution in [1.82, 2.24) is 0 Å². The molecule has 0 radical (unpaired) electrons. The summed E-state index contributed by atoms with van der Waals surface area (Å²) in [5, 5.41) is 0. The zero-order valence-corrected chi connectivity index (χ0v) is 14.2. The van der Waals surface area contributed by atoms with Crippen LogP contribution in [0.3, 0.4) is 0 Å². The third-order valence-electron chi connectivity index (χ3n) is 4.34. The molecule has 0 unspecified atom stereocenters. The molecular weight excluding hydrogens is 319 g/mol. The predicted molar refractivity (Wildman–Crippen MR) is 96.7 cm³/mol. The molecule has 2 aromatic rings. The van der Waals surface area contributed by atoms with Crippen molar-refractivity contribution in [2.45, 2.75) is 13.3 Å². The topological polar surface area (TPSA) is 55.6 Å². The number of aryl methyl sites for hydroxylation is 1. The number of hydrogen-bond acceptors (Lipinski definition) is 3. The van der Waals surface area contributed by atoms with Crippen LogP contribution in [0.15, 0.2) is 54.4 Å². The maximum atomic E-state index is 12.8. The fourth-order valence-electron chi connectivity index (χ4n) is 2.84. The molecule has 0 saturated heterocycles. The van der Waals surface area contributed by atoms with Crippen LogP contribution in [0.2, 0.25) is 0 Å². The Hall–Kier alpha value is -2.66. The number of fused-ring (bicyclic) bond motifs is 1. The van der Waals surface area contributed by atoms with E-state index in [1.54, 1.807) is 17.0 Å². The zero-order valence-electron chi connectivity index (χ0n) is 14.2. The molecule has 1 heterocycles. The summed E-state index contributed by atoms with van der Waals surface area (Å²) >= 11 is 0. The molecule has 0 fully saturated rings. The van der Waals surface area contributed by atoms with Crippen molar-refractivity contribution in [3.8, 4) is 5.75 Å². The van der Waals surface area contributed by atoms with Gasteiger partial charge in [0.15, 0.2) is 0 Å². The van der Waals surface area contributed by atoms with Crippen molar-refractivity contribution in [2.75, 3.05) is 24.6 Å². The first kappa shape index (κ1) is 17.2. The number of nitrogens with zero attached hydrogens (tertiary/aromatic N) is 1. The Morgan fingerprint density at radius 2 is 2.04 bits per heavy atom. The lowest BCUT2D eigenvalue weighted by Gasteiger charge is -2.29. The average Bonchev–Trinajstić information content (AvgIpc) is 2.64. The van der Waals surface area contributed by atoms with Gasteiger partial charge in [0.1, 0.15) is 12.4 Å². The van der Waals surface area contributed by atoms with E-state index in [4.69, 9.17) is 10.5 Å². The highest BCUT2D eigenvalue weighted by atomic mass is 19.1. The molecule has 4 nitrogen and oxygen atoms in total. The van der Waals surface area contributed by atoms with Crippen LogP contribution in [0.5, 0.6) is 5.75 Å². The number of amides is 1. The number of ether oxygens (including phenoxy) is 1. The van der Waals surface area contributed by atoms with Gasteiger partial charge in [-0.15, -0.1) is 0 Å². The summed E-state index contributed by atoms with van der Waals surface area (Å²) in [4.78, 5) is 14.6. The third kappa shape index (κ3) is 3.72. The molecule has 25 heavy (non-hydrogen) atoms. The Morgan fingerprint density at radius 1 is 1.28 bits per heavy atom. The van der Waals surface area contributed by atoms with E-state index in [1.807, 2.05) is 37.3 Å². The van der Waals surface area contributed by atoms with E-state index in [0.29, 0.717) is 29.8 Å². The van der Waals surface area contributed by atoms with Crippen molar-refractivity contribution >= 4 is 11.6 Å². The monoisotopic (exact) mass is 340 g/mol. The summed E-state index contributed by atoms with van der Waals surface area (Å²) in [6, 6.07) is 13.3. The van der Waals surface area contributed by atoms with Crippen LogP contribution in [0, 0.1) is 6.92 Å². The Kier molecular flexibility index (Phi) is 5.14. The van der Waals surface area contributed by atoms with E-state index >= 15 is 0 Å².